The third kappa shape index (κ3) is 5.94. The number of pyridine rings is 1. The van der Waals surface area contributed by atoms with Gasteiger partial charge in [-0.05, 0) is 48.7 Å². The molecule has 1 fully saturated rings. The number of H-pyrrole nitrogens is 1. The average Bonchev–Trinajstić information content (AvgIpc) is 3.35. The van der Waals surface area contributed by atoms with Gasteiger partial charge >= 0.3 is 0 Å². The number of benzene rings is 1. The number of aromatic amines is 1. The van der Waals surface area contributed by atoms with Crippen molar-refractivity contribution in [3.63, 3.8) is 0 Å². The number of fused-ring (bicyclic) bond motifs is 1. The number of anilines is 3. The lowest BCUT2D eigenvalue weighted by atomic mass is 10.1. The highest BCUT2D eigenvalue weighted by atomic mass is 32.2. The summed E-state index contributed by atoms with van der Waals surface area (Å²) >= 11 is 0. The van der Waals surface area contributed by atoms with E-state index in [0.29, 0.717) is 24.6 Å². The maximum absolute atomic E-state index is 12.6. The fraction of sp³-hybridized carbons (Fsp3) is 0.231. The Hall–Kier alpha value is -4.27. The molecule has 4 heterocycles. The molecule has 10 nitrogen and oxygen atoms in total. The van der Waals surface area contributed by atoms with E-state index in [9.17, 15) is 9.00 Å². The van der Waals surface area contributed by atoms with E-state index in [1.165, 1.54) is 6.20 Å². The molecule has 0 radical (unpaired) electrons. The van der Waals surface area contributed by atoms with Crippen molar-refractivity contribution in [1.29, 1.82) is 0 Å². The first-order valence-corrected chi connectivity index (χ1v) is 13.0. The second-order valence-electron chi connectivity index (χ2n) is 8.28. The molecule has 0 spiro atoms. The van der Waals surface area contributed by atoms with Crippen LogP contribution < -0.4 is 14.9 Å². The molecule has 188 valence electrons. The van der Waals surface area contributed by atoms with Gasteiger partial charge in [0.05, 0.1) is 41.9 Å². The molecule has 0 saturated carbocycles. The molecule has 5 rings (SSSR count). The molecule has 1 amide bonds. The van der Waals surface area contributed by atoms with Gasteiger partial charge in [-0.15, -0.1) is 0 Å². The average molecular weight is 516 g/mol. The molecule has 1 aliphatic rings. The van der Waals surface area contributed by atoms with Crippen LogP contribution in [0, 0.1) is 11.8 Å². The third-order valence-corrected chi connectivity index (χ3v) is 6.76. The second-order valence-corrected chi connectivity index (χ2v) is 9.46. The molecule has 0 bridgehead atoms. The number of aromatic nitrogens is 4. The number of carbonyl (C=O) groups is 1. The van der Waals surface area contributed by atoms with E-state index in [-0.39, 0.29) is 5.75 Å². The van der Waals surface area contributed by atoms with Crippen LogP contribution in [0.5, 0.6) is 0 Å². The molecule has 1 atom stereocenters. The number of nitrogens with zero attached hydrogens (tertiary/aromatic N) is 4. The van der Waals surface area contributed by atoms with Gasteiger partial charge in [0.1, 0.15) is 28.8 Å². The molecular formula is C26H25N7O3S. The van der Waals surface area contributed by atoms with Gasteiger partial charge in [-0.1, -0.05) is 18.1 Å². The van der Waals surface area contributed by atoms with Crippen LogP contribution in [0.2, 0.25) is 0 Å². The van der Waals surface area contributed by atoms with E-state index in [1.54, 1.807) is 25.4 Å². The first-order valence-electron chi connectivity index (χ1n) is 11.7. The van der Waals surface area contributed by atoms with Gasteiger partial charge in [0.2, 0.25) is 0 Å². The first kappa shape index (κ1) is 24.4. The monoisotopic (exact) mass is 515 g/mol. The topological polar surface area (TPSA) is 125 Å². The minimum Gasteiger partial charge on any atom is -0.378 e. The standard InChI is InChI=1S/C26H25N7O3S/c1-2-3-24(34)30-20-8-9-21(27-15-20)16-37(35)32-19-6-4-18(5-7-19)23-14-22-25(31-23)28-17-29-26(22)33-10-12-36-13-11-33/h4-9,14-15,17,32H,10-13,16H2,1H3,(H,30,34)(H,28,29,31). The van der Waals surface area contributed by atoms with Crippen LogP contribution in [0.25, 0.3) is 22.3 Å². The fourth-order valence-corrected chi connectivity index (χ4v) is 4.90. The van der Waals surface area contributed by atoms with Crippen LogP contribution in [-0.4, -0.2) is 56.4 Å². The summed E-state index contributed by atoms with van der Waals surface area (Å²) in [7, 11) is -1.38. The van der Waals surface area contributed by atoms with Crippen LogP contribution in [0.1, 0.15) is 12.6 Å². The molecule has 3 N–H and O–H groups in total. The van der Waals surface area contributed by atoms with Gasteiger partial charge in [-0.25, -0.2) is 14.2 Å². The molecule has 11 heteroatoms. The van der Waals surface area contributed by atoms with Crippen LogP contribution in [0.15, 0.2) is 55.0 Å². The van der Waals surface area contributed by atoms with Crippen LogP contribution in [0.3, 0.4) is 0 Å². The van der Waals surface area contributed by atoms with Crippen molar-refractivity contribution in [2.24, 2.45) is 0 Å². The minimum atomic E-state index is -1.38. The van der Waals surface area contributed by atoms with Crippen LogP contribution in [0.4, 0.5) is 17.2 Å². The third-order valence-electron chi connectivity index (χ3n) is 5.74. The maximum Gasteiger partial charge on any atom is 0.300 e. The number of rotatable bonds is 7. The number of nitrogens with one attached hydrogen (secondary N) is 3. The zero-order chi connectivity index (χ0) is 25.6. The molecule has 3 aromatic heterocycles. The lowest BCUT2D eigenvalue weighted by Gasteiger charge is -2.27. The van der Waals surface area contributed by atoms with Gasteiger partial charge in [0.25, 0.3) is 5.91 Å². The maximum atomic E-state index is 12.6. The highest BCUT2D eigenvalue weighted by Crippen LogP contribution is 2.29. The van der Waals surface area contributed by atoms with E-state index in [4.69, 9.17) is 4.74 Å². The van der Waals surface area contributed by atoms with Crippen molar-refractivity contribution in [1.82, 2.24) is 19.9 Å². The number of morpholine rings is 1. The predicted molar refractivity (Wildman–Crippen MR) is 144 cm³/mol. The summed E-state index contributed by atoms with van der Waals surface area (Å²) in [5, 5.41) is 3.60. The van der Waals surface area contributed by atoms with Crippen molar-refractivity contribution in [2.75, 3.05) is 41.2 Å². The summed E-state index contributed by atoms with van der Waals surface area (Å²) in [6.07, 6.45) is 3.10. The lowest BCUT2D eigenvalue weighted by molar-refractivity contribution is -0.111. The summed E-state index contributed by atoms with van der Waals surface area (Å²) < 4.78 is 21.1. The molecule has 1 unspecified atom stereocenters. The quantitative estimate of drug-likeness (QED) is 0.323. The SMILES string of the molecule is CC#CC(=O)Nc1ccc(CS(=O)Nc2ccc(-c3cc4c(N5CCOCC5)ncnc4[nH]3)cc2)nc1. The Balaban J connectivity index is 1.22. The van der Waals surface area contributed by atoms with Crippen molar-refractivity contribution in [3.8, 4) is 23.1 Å². The van der Waals surface area contributed by atoms with Gasteiger partial charge in [-0.2, -0.15) is 0 Å². The van der Waals surface area contributed by atoms with Crippen LogP contribution in [-0.2, 0) is 26.3 Å². The highest BCUT2D eigenvalue weighted by molar-refractivity contribution is 7.85. The Bertz CT molecular complexity index is 1480. The minimum absolute atomic E-state index is 0.218. The Morgan fingerprint density at radius 1 is 1.11 bits per heavy atom. The van der Waals surface area contributed by atoms with Crippen molar-refractivity contribution >= 4 is 45.1 Å². The van der Waals surface area contributed by atoms with Gasteiger partial charge < -0.3 is 24.7 Å². The van der Waals surface area contributed by atoms with Gasteiger partial charge in [0.15, 0.2) is 0 Å². The normalized spacial score (nSPS) is 14.0. The zero-order valence-electron chi connectivity index (χ0n) is 20.2. The number of amides is 1. The smallest absolute Gasteiger partial charge is 0.300 e. The Labute approximate surface area is 216 Å². The van der Waals surface area contributed by atoms with E-state index < -0.39 is 16.9 Å². The molecule has 0 aliphatic carbocycles. The van der Waals surface area contributed by atoms with Crippen molar-refractivity contribution < 1.29 is 13.7 Å². The number of ether oxygens (including phenoxy) is 1. The van der Waals surface area contributed by atoms with E-state index in [0.717, 1.165) is 46.9 Å². The Morgan fingerprint density at radius 3 is 2.62 bits per heavy atom. The summed E-state index contributed by atoms with van der Waals surface area (Å²) in [6.45, 7) is 4.57. The second kappa shape index (κ2) is 11.2. The highest BCUT2D eigenvalue weighted by Gasteiger charge is 2.17. The molecule has 1 saturated heterocycles. The molecule has 1 aliphatic heterocycles. The van der Waals surface area contributed by atoms with E-state index in [1.807, 2.05) is 24.3 Å². The number of carbonyl (C=O) groups excluding carboxylic acids is 1. The molecule has 4 aromatic rings. The summed E-state index contributed by atoms with van der Waals surface area (Å²) in [6, 6.07) is 13.2. The summed E-state index contributed by atoms with van der Waals surface area (Å²) in [4.78, 5) is 30.3. The predicted octanol–water partition coefficient (Wildman–Crippen LogP) is 3.09. The first-order chi connectivity index (χ1) is 18.1. The van der Waals surface area contributed by atoms with Crippen molar-refractivity contribution in [3.05, 3.63) is 60.7 Å². The number of hydrogen-bond acceptors (Lipinski definition) is 7. The summed E-state index contributed by atoms with van der Waals surface area (Å²) in [5.41, 5.74) is 4.59. The Kier molecular flexibility index (Phi) is 7.39. The lowest BCUT2D eigenvalue weighted by Crippen LogP contribution is -2.36. The van der Waals surface area contributed by atoms with Crippen molar-refractivity contribution in [2.45, 2.75) is 12.7 Å². The zero-order valence-corrected chi connectivity index (χ0v) is 21.0. The largest absolute Gasteiger partial charge is 0.378 e. The summed E-state index contributed by atoms with van der Waals surface area (Å²) in [5.74, 6) is 5.67. The number of hydrogen-bond donors (Lipinski definition) is 3. The van der Waals surface area contributed by atoms with Crippen LogP contribution >= 0.6 is 0 Å². The van der Waals surface area contributed by atoms with E-state index in [2.05, 4.69) is 52.8 Å². The van der Waals surface area contributed by atoms with Gasteiger partial charge in [-0.3, -0.25) is 9.78 Å². The molecule has 37 heavy (non-hydrogen) atoms. The van der Waals surface area contributed by atoms with Gasteiger partial charge in [0, 0.05) is 24.5 Å². The Morgan fingerprint density at radius 2 is 1.89 bits per heavy atom. The molecule has 1 aromatic carbocycles. The molecular weight excluding hydrogens is 490 g/mol. The van der Waals surface area contributed by atoms with E-state index >= 15 is 0 Å². The fourth-order valence-electron chi connectivity index (χ4n) is 3.99.